The topological polar surface area (TPSA) is 72.5 Å². The number of hydrogen-bond donors (Lipinski definition) is 1. The highest BCUT2D eigenvalue weighted by Gasteiger charge is 2.10. The monoisotopic (exact) mass is 257 g/mol. The van der Waals surface area contributed by atoms with Gasteiger partial charge < -0.3 is 10.1 Å². The van der Waals surface area contributed by atoms with Crippen LogP contribution in [0.25, 0.3) is 0 Å². The number of carbonyl (C=O) groups excluding carboxylic acids is 1. The van der Waals surface area contributed by atoms with Crippen molar-refractivity contribution in [3.8, 4) is 0 Å². The SMILES string of the molecule is COCCNC(=O)c1cccc(S(C)(=O)=O)c1. The molecule has 0 atom stereocenters. The molecule has 0 saturated heterocycles. The molecule has 0 radical (unpaired) electrons. The molecular formula is C11H15NO4S. The predicted molar refractivity (Wildman–Crippen MR) is 63.8 cm³/mol. The second-order valence-electron chi connectivity index (χ2n) is 3.55. The highest BCUT2D eigenvalue weighted by Crippen LogP contribution is 2.11. The van der Waals surface area contributed by atoms with E-state index in [1.165, 1.54) is 19.2 Å². The quantitative estimate of drug-likeness (QED) is 0.778. The summed E-state index contributed by atoms with van der Waals surface area (Å²) in [6.45, 7) is 0.802. The number of hydrogen-bond acceptors (Lipinski definition) is 4. The van der Waals surface area contributed by atoms with Gasteiger partial charge in [0.15, 0.2) is 9.84 Å². The lowest BCUT2D eigenvalue weighted by Crippen LogP contribution is -2.27. The molecule has 0 fully saturated rings. The van der Waals surface area contributed by atoms with E-state index in [0.29, 0.717) is 18.7 Å². The molecule has 0 aliphatic heterocycles. The van der Waals surface area contributed by atoms with E-state index < -0.39 is 9.84 Å². The minimum atomic E-state index is -3.29. The van der Waals surface area contributed by atoms with Gasteiger partial charge in [0.05, 0.1) is 11.5 Å². The van der Waals surface area contributed by atoms with E-state index >= 15 is 0 Å². The van der Waals surface area contributed by atoms with Crippen LogP contribution < -0.4 is 5.32 Å². The summed E-state index contributed by atoms with van der Waals surface area (Å²) in [6, 6.07) is 5.93. The minimum absolute atomic E-state index is 0.136. The first-order valence-corrected chi connectivity index (χ1v) is 6.91. The molecule has 0 aliphatic carbocycles. The third-order valence-electron chi connectivity index (χ3n) is 2.12. The van der Waals surface area contributed by atoms with Crippen molar-refractivity contribution in [1.29, 1.82) is 0 Å². The third-order valence-corrected chi connectivity index (χ3v) is 3.23. The van der Waals surface area contributed by atoms with Gasteiger partial charge in [0.2, 0.25) is 0 Å². The number of nitrogens with one attached hydrogen (secondary N) is 1. The Bertz CT molecular complexity index is 496. The zero-order valence-electron chi connectivity index (χ0n) is 9.76. The molecule has 1 amide bonds. The molecule has 6 heteroatoms. The highest BCUT2D eigenvalue weighted by atomic mass is 32.2. The first-order chi connectivity index (χ1) is 7.95. The van der Waals surface area contributed by atoms with Gasteiger partial charge in [-0.1, -0.05) is 6.07 Å². The first-order valence-electron chi connectivity index (χ1n) is 5.02. The van der Waals surface area contributed by atoms with Crippen LogP contribution in [0, 0.1) is 0 Å². The Morgan fingerprint density at radius 1 is 1.41 bits per heavy atom. The number of ether oxygens (including phenoxy) is 1. The summed E-state index contributed by atoms with van der Waals surface area (Å²) in [5, 5.41) is 2.62. The van der Waals surface area contributed by atoms with Gasteiger partial charge in [-0.2, -0.15) is 0 Å². The van der Waals surface area contributed by atoms with Crippen molar-refractivity contribution in [3.63, 3.8) is 0 Å². The predicted octanol–water partition coefficient (Wildman–Crippen LogP) is 0.466. The zero-order chi connectivity index (χ0) is 12.9. The van der Waals surface area contributed by atoms with Gasteiger partial charge in [0.25, 0.3) is 5.91 Å². The Morgan fingerprint density at radius 3 is 2.71 bits per heavy atom. The summed E-state index contributed by atoms with van der Waals surface area (Å²) in [6.07, 6.45) is 1.11. The van der Waals surface area contributed by atoms with Crippen molar-refractivity contribution in [2.45, 2.75) is 4.90 Å². The minimum Gasteiger partial charge on any atom is -0.383 e. The van der Waals surface area contributed by atoms with Gasteiger partial charge in [0, 0.05) is 25.5 Å². The van der Waals surface area contributed by atoms with Crippen LogP contribution in [-0.4, -0.2) is 40.8 Å². The Morgan fingerprint density at radius 2 is 2.12 bits per heavy atom. The molecule has 0 heterocycles. The Labute approximate surface area is 101 Å². The number of carbonyl (C=O) groups is 1. The van der Waals surface area contributed by atoms with E-state index in [-0.39, 0.29) is 10.8 Å². The summed E-state index contributed by atoms with van der Waals surface area (Å²) in [4.78, 5) is 11.8. The van der Waals surface area contributed by atoms with Crippen molar-refractivity contribution in [2.24, 2.45) is 0 Å². The molecule has 1 aromatic carbocycles. The molecule has 0 spiro atoms. The van der Waals surface area contributed by atoms with Gasteiger partial charge in [0.1, 0.15) is 0 Å². The molecule has 94 valence electrons. The number of methoxy groups -OCH3 is 1. The Hall–Kier alpha value is -1.40. The van der Waals surface area contributed by atoms with Gasteiger partial charge in [-0.15, -0.1) is 0 Å². The van der Waals surface area contributed by atoms with Gasteiger partial charge in [-0.25, -0.2) is 8.42 Å². The van der Waals surface area contributed by atoms with Gasteiger partial charge >= 0.3 is 0 Å². The van der Waals surface area contributed by atoms with Gasteiger partial charge in [-0.3, -0.25) is 4.79 Å². The average molecular weight is 257 g/mol. The first kappa shape index (κ1) is 13.7. The fourth-order valence-corrected chi connectivity index (χ4v) is 1.90. The van der Waals surface area contributed by atoms with E-state index in [9.17, 15) is 13.2 Å². The van der Waals surface area contributed by atoms with Crippen LogP contribution in [-0.2, 0) is 14.6 Å². The molecule has 5 nitrogen and oxygen atoms in total. The molecular weight excluding hydrogens is 242 g/mol. The zero-order valence-corrected chi connectivity index (χ0v) is 10.6. The fraction of sp³-hybridized carbons (Fsp3) is 0.364. The maximum absolute atomic E-state index is 11.6. The number of amides is 1. The summed E-state index contributed by atoms with van der Waals surface area (Å²) >= 11 is 0. The van der Waals surface area contributed by atoms with Crippen LogP contribution in [0.5, 0.6) is 0 Å². The molecule has 1 N–H and O–H groups in total. The van der Waals surface area contributed by atoms with Crippen LogP contribution in [0.15, 0.2) is 29.2 Å². The van der Waals surface area contributed by atoms with Crippen LogP contribution in [0.4, 0.5) is 0 Å². The summed E-state index contributed by atoms with van der Waals surface area (Å²) in [5.41, 5.74) is 0.323. The average Bonchev–Trinajstić information content (AvgIpc) is 2.28. The van der Waals surface area contributed by atoms with Gasteiger partial charge in [-0.05, 0) is 18.2 Å². The summed E-state index contributed by atoms with van der Waals surface area (Å²) in [5.74, 6) is -0.312. The van der Waals surface area contributed by atoms with Crippen LogP contribution in [0.3, 0.4) is 0 Å². The number of sulfone groups is 1. The molecule has 0 bridgehead atoms. The Kier molecular flexibility index (Phi) is 4.65. The largest absolute Gasteiger partial charge is 0.383 e. The maximum atomic E-state index is 11.6. The number of rotatable bonds is 5. The van der Waals surface area contributed by atoms with E-state index in [0.717, 1.165) is 6.26 Å². The van der Waals surface area contributed by atoms with Crippen LogP contribution in [0.2, 0.25) is 0 Å². The standard InChI is InChI=1S/C11H15NO4S/c1-16-7-6-12-11(13)9-4-3-5-10(8-9)17(2,14)15/h3-5,8H,6-7H2,1-2H3,(H,12,13). The van der Waals surface area contributed by atoms with Crippen LogP contribution >= 0.6 is 0 Å². The fourth-order valence-electron chi connectivity index (χ4n) is 1.24. The lowest BCUT2D eigenvalue weighted by atomic mass is 10.2. The molecule has 1 rings (SSSR count). The van der Waals surface area contributed by atoms with Crippen molar-refractivity contribution in [2.75, 3.05) is 26.5 Å². The summed E-state index contributed by atoms with van der Waals surface area (Å²) in [7, 11) is -1.75. The lowest BCUT2D eigenvalue weighted by molar-refractivity contribution is 0.0937. The Balaban J connectivity index is 2.82. The second kappa shape index (κ2) is 5.79. The second-order valence-corrected chi connectivity index (χ2v) is 5.56. The van der Waals surface area contributed by atoms with E-state index in [2.05, 4.69) is 5.32 Å². The molecule has 0 unspecified atom stereocenters. The van der Waals surface area contributed by atoms with Crippen molar-refractivity contribution >= 4 is 15.7 Å². The van der Waals surface area contributed by atoms with Crippen molar-refractivity contribution in [1.82, 2.24) is 5.32 Å². The molecule has 17 heavy (non-hydrogen) atoms. The van der Waals surface area contributed by atoms with Crippen molar-refractivity contribution < 1.29 is 17.9 Å². The number of benzene rings is 1. The lowest BCUT2D eigenvalue weighted by Gasteiger charge is -2.05. The molecule has 0 aliphatic rings. The highest BCUT2D eigenvalue weighted by molar-refractivity contribution is 7.90. The molecule has 1 aromatic rings. The van der Waals surface area contributed by atoms with E-state index in [4.69, 9.17) is 4.74 Å². The maximum Gasteiger partial charge on any atom is 0.251 e. The third kappa shape index (κ3) is 4.16. The summed E-state index contributed by atoms with van der Waals surface area (Å²) < 4.78 is 27.4. The van der Waals surface area contributed by atoms with E-state index in [1.807, 2.05) is 0 Å². The smallest absolute Gasteiger partial charge is 0.251 e. The molecule has 0 saturated carbocycles. The van der Waals surface area contributed by atoms with E-state index in [1.54, 1.807) is 12.1 Å². The molecule has 0 aromatic heterocycles. The van der Waals surface area contributed by atoms with Crippen molar-refractivity contribution in [3.05, 3.63) is 29.8 Å². The van der Waals surface area contributed by atoms with Crippen LogP contribution in [0.1, 0.15) is 10.4 Å². The normalized spacial score (nSPS) is 11.2.